The van der Waals surface area contributed by atoms with Crippen LogP contribution in [0.4, 0.5) is 4.79 Å². The SMILES string of the molecule is CN1CCC(NC(=O)NC(=O)COCC(=O)O)CC1. The second kappa shape index (κ2) is 7.70. The van der Waals surface area contributed by atoms with Crippen LogP contribution in [0, 0.1) is 0 Å². The van der Waals surface area contributed by atoms with Gasteiger partial charge in [0, 0.05) is 6.04 Å². The number of ether oxygens (including phenoxy) is 1. The maximum atomic E-state index is 11.5. The van der Waals surface area contributed by atoms with Crippen LogP contribution in [0.3, 0.4) is 0 Å². The van der Waals surface area contributed by atoms with Crippen LogP contribution in [0.15, 0.2) is 0 Å². The summed E-state index contributed by atoms with van der Waals surface area (Å²) in [6.07, 6.45) is 1.68. The number of aliphatic carboxylic acids is 1. The lowest BCUT2D eigenvalue weighted by molar-refractivity contribution is -0.143. The third kappa shape index (κ3) is 6.73. The number of imide groups is 1. The number of rotatable bonds is 5. The Labute approximate surface area is 111 Å². The first-order chi connectivity index (χ1) is 8.97. The molecule has 0 aliphatic carbocycles. The number of nitrogens with zero attached hydrogens (tertiary/aromatic N) is 1. The van der Waals surface area contributed by atoms with E-state index in [1.807, 2.05) is 7.05 Å². The molecule has 1 aliphatic rings. The lowest BCUT2D eigenvalue weighted by Gasteiger charge is -2.29. The molecule has 1 fully saturated rings. The van der Waals surface area contributed by atoms with Crippen molar-refractivity contribution in [3.05, 3.63) is 0 Å². The van der Waals surface area contributed by atoms with Crippen LogP contribution >= 0.6 is 0 Å². The highest BCUT2D eigenvalue weighted by molar-refractivity contribution is 5.95. The van der Waals surface area contributed by atoms with E-state index in [9.17, 15) is 14.4 Å². The fraction of sp³-hybridized carbons (Fsp3) is 0.727. The maximum Gasteiger partial charge on any atom is 0.329 e. The Hall–Kier alpha value is -1.67. The average molecular weight is 273 g/mol. The summed E-state index contributed by atoms with van der Waals surface area (Å²) in [5.41, 5.74) is 0. The quantitative estimate of drug-likeness (QED) is 0.593. The summed E-state index contributed by atoms with van der Waals surface area (Å²) in [4.78, 5) is 35.0. The van der Waals surface area contributed by atoms with Gasteiger partial charge in [0.05, 0.1) is 0 Å². The van der Waals surface area contributed by atoms with Gasteiger partial charge in [0.2, 0.25) is 0 Å². The Morgan fingerprint density at radius 1 is 1.26 bits per heavy atom. The lowest BCUT2D eigenvalue weighted by atomic mass is 10.1. The molecule has 3 amide bonds. The smallest absolute Gasteiger partial charge is 0.329 e. The van der Waals surface area contributed by atoms with Gasteiger partial charge in [-0.15, -0.1) is 0 Å². The number of carbonyl (C=O) groups is 3. The minimum absolute atomic E-state index is 0.0592. The van der Waals surface area contributed by atoms with E-state index in [0.717, 1.165) is 25.9 Å². The molecule has 1 heterocycles. The number of carboxylic acid groups (broad SMARTS) is 1. The third-order valence-corrected chi connectivity index (χ3v) is 2.77. The van der Waals surface area contributed by atoms with Crippen molar-refractivity contribution in [3.8, 4) is 0 Å². The number of urea groups is 1. The molecule has 0 aromatic heterocycles. The number of piperidine rings is 1. The molecule has 8 heteroatoms. The molecule has 0 atom stereocenters. The van der Waals surface area contributed by atoms with Crippen molar-refractivity contribution in [1.82, 2.24) is 15.5 Å². The first kappa shape index (κ1) is 15.4. The van der Waals surface area contributed by atoms with E-state index in [-0.39, 0.29) is 6.04 Å². The topological polar surface area (TPSA) is 108 Å². The molecule has 1 aliphatic heterocycles. The monoisotopic (exact) mass is 273 g/mol. The van der Waals surface area contributed by atoms with Crippen molar-refractivity contribution in [2.75, 3.05) is 33.4 Å². The normalized spacial score (nSPS) is 16.9. The predicted octanol–water partition coefficient (Wildman–Crippen LogP) is -0.992. The van der Waals surface area contributed by atoms with Gasteiger partial charge in [-0.25, -0.2) is 9.59 Å². The molecule has 0 unspecified atom stereocenters. The van der Waals surface area contributed by atoms with Crippen LogP contribution in [0.1, 0.15) is 12.8 Å². The van der Waals surface area contributed by atoms with Gasteiger partial charge >= 0.3 is 12.0 Å². The van der Waals surface area contributed by atoms with E-state index in [1.165, 1.54) is 0 Å². The van der Waals surface area contributed by atoms with E-state index in [2.05, 4.69) is 20.3 Å². The number of likely N-dealkylation sites (tertiary alicyclic amines) is 1. The van der Waals surface area contributed by atoms with Crippen LogP contribution < -0.4 is 10.6 Å². The molecule has 0 bridgehead atoms. The molecule has 0 radical (unpaired) electrons. The minimum Gasteiger partial charge on any atom is -0.480 e. The van der Waals surface area contributed by atoms with Crippen LogP contribution in [0.5, 0.6) is 0 Å². The van der Waals surface area contributed by atoms with Gasteiger partial charge in [0.15, 0.2) is 0 Å². The zero-order valence-corrected chi connectivity index (χ0v) is 10.8. The van der Waals surface area contributed by atoms with Crippen molar-refractivity contribution in [1.29, 1.82) is 0 Å². The molecular formula is C11H19N3O5. The lowest BCUT2D eigenvalue weighted by Crippen LogP contribution is -2.49. The molecule has 3 N–H and O–H groups in total. The Kier molecular flexibility index (Phi) is 6.23. The maximum absolute atomic E-state index is 11.5. The number of carbonyl (C=O) groups excluding carboxylic acids is 2. The highest BCUT2D eigenvalue weighted by Gasteiger charge is 2.19. The summed E-state index contributed by atoms with van der Waals surface area (Å²) >= 11 is 0. The molecule has 0 aromatic carbocycles. The molecule has 0 aromatic rings. The van der Waals surface area contributed by atoms with E-state index >= 15 is 0 Å². The first-order valence-electron chi connectivity index (χ1n) is 6.06. The van der Waals surface area contributed by atoms with E-state index in [1.54, 1.807) is 0 Å². The van der Waals surface area contributed by atoms with E-state index in [0.29, 0.717) is 0 Å². The molecule has 8 nitrogen and oxygen atoms in total. The summed E-state index contributed by atoms with van der Waals surface area (Å²) in [5.74, 6) is -1.82. The second-order valence-corrected chi connectivity index (χ2v) is 4.49. The number of amides is 3. The summed E-state index contributed by atoms with van der Waals surface area (Å²) < 4.78 is 4.56. The highest BCUT2D eigenvalue weighted by atomic mass is 16.5. The Morgan fingerprint density at radius 2 is 1.89 bits per heavy atom. The number of carboxylic acids is 1. The molecule has 1 rings (SSSR count). The minimum atomic E-state index is -1.16. The first-order valence-corrected chi connectivity index (χ1v) is 6.06. The Balaban J connectivity index is 2.16. The fourth-order valence-electron chi connectivity index (χ4n) is 1.77. The molecule has 108 valence electrons. The summed E-state index contributed by atoms with van der Waals surface area (Å²) in [6, 6.07) is -0.512. The summed E-state index contributed by atoms with van der Waals surface area (Å²) in [6.45, 7) is 0.790. The zero-order valence-electron chi connectivity index (χ0n) is 10.8. The van der Waals surface area contributed by atoms with Gasteiger partial charge in [-0.1, -0.05) is 0 Å². The van der Waals surface area contributed by atoms with Gasteiger partial charge in [0.1, 0.15) is 13.2 Å². The van der Waals surface area contributed by atoms with Gasteiger partial charge in [-0.05, 0) is 33.0 Å². The number of hydrogen-bond donors (Lipinski definition) is 3. The van der Waals surface area contributed by atoms with Gasteiger partial charge in [-0.3, -0.25) is 10.1 Å². The van der Waals surface area contributed by atoms with E-state index in [4.69, 9.17) is 5.11 Å². The van der Waals surface area contributed by atoms with Gasteiger partial charge in [0.25, 0.3) is 5.91 Å². The largest absolute Gasteiger partial charge is 0.480 e. The zero-order chi connectivity index (χ0) is 14.3. The van der Waals surface area contributed by atoms with Crippen molar-refractivity contribution in [2.45, 2.75) is 18.9 Å². The van der Waals surface area contributed by atoms with Crippen LogP contribution in [-0.4, -0.2) is 67.3 Å². The van der Waals surface area contributed by atoms with Gasteiger partial charge < -0.3 is 20.1 Å². The van der Waals surface area contributed by atoms with Crippen molar-refractivity contribution in [2.24, 2.45) is 0 Å². The second-order valence-electron chi connectivity index (χ2n) is 4.49. The van der Waals surface area contributed by atoms with Crippen molar-refractivity contribution < 1.29 is 24.2 Å². The molecule has 0 saturated carbocycles. The van der Waals surface area contributed by atoms with Crippen molar-refractivity contribution >= 4 is 17.9 Å². The fourth-order valence-corrected chi connectivity index (χ4v) is 1.77. The van der Waals surface area contributed by atoms with Crippen LogP contribution in [0.2, 0.25) is 0 Å². The molecule has 0 spiro atoms. The Bertz CT molecular complexity index is 339. The Morgan fingerprint density at radius 3 is 2.47 bits per heavy atom. The number of nitrogens with one attached hydrogen (secondary N) is 2. The average Bonchev–Trinajstić information content (AvgIpc) is 2.31. The summed E-state index contributed by atoms with van der Waals surface area (Å²) in [5, 5.41) is 13.1. The molecular weight excluding hydrogens is 254 g/mol. The van der Waals surface area contributed by atoms with Gasteiger partial charge in [-0.2, -0.15) is 0 Å². The molecule has 19 heavy (non-hydrogen) atoms. The molecule has 1 saturated heterocycles. The highest BCUT2D eigenvalue weighted by Crippen LogP contribution is 2.07. The standard InChI is InChI=1S/C11H19N3O5/c1-14-4-2-8(3-5-14)12-11(18)13-9(15)6-19-7-10(16)17/h8H,2-7H2,1H3,(H,16,17)(H2,12,13,15,18). The van der Waals surface area contributed by atoms with Crippen molar-refractivity contribution in [3.63, 3.8) is 0 Å². The third-order valence-electron chi connectivity index (χ3n) is 2.77. The predicted molar refractivity (Wildman–Crippen MR) is 65.6 cm³/mol. The van der Waals surface area contributed by atoms with Crippen LogP contribution in [-0.2, 0) is 14.3 Å². The number of hydrogen-bond acceptors (Lipinski definition) is 5. The van der Waals surface area contributed by atoms with E-state index < -0.39 is 31.1 Å². The van der Waals surface area contributed by atoms with Crippen LogP contribution in [0.25, 0.3) is 0 Å². The summed E-state index contributed by atoms with van der Waals surface area (Å²) in [7, 11) is 2.01.